The van der Waals surface area contributed by atoms with Crippen molar-refractivity contribution in [2.75, 3.05) is 13.7 Å². The van der Waals surface area contributed by atoms with Gasteiger partial charge in [0.25, 0.3) is 0 Å². The maximum Gasteiger partial charge on any atom is 0.119 e. The first kappa shape index (κ1) is 14.2. The largest absolute Gasteiger partial charge is 0.497 e. The number of rotatable bonds is 2. The lowest BCUT2D eigenvalue weighted by Gasteiger charge is -2.28. The van der Waals surface area contributed by atoms with E-state index in [0.29, 0.717) is 5.92 Å². The minimum atomic E-state index is -0.0343. The van der Waals surface area contributed by atoms with Crippen molar-refractivity contribution in [2.24, 2.45) is 0 Å². The van der Waals surface area contributed by atoms with Crippen LogP contribution >= 0.6 is 0 Å². The first-order valence-corrected chi connectivity index (χ1v) is 7.60. The van der Waals surface area contributed by atoms with Crippen molar-refractivity contribution in [3.8, 4) is 5.75 Å². The molecule has 2 heteroatoms. The predicted octanol–water partition coefficient (Wildman–Crippen LogP) is 4.06. The number of methoxy groups -OCH3 is 1. The Morgan fingerprint density at radius 3 is 2.57 bits per heavy atom. The molecule has 0 spiro atoms. The number of fused-ring (bicyclic) bond motifs is 1. The molecule has 0 aromatic heterocycles. The van der Waals surface area contributed by atoms with Gasteiger partial charge in [-0.15, -0.1) is 0 Å². The Bertz CT molecular complexity index is 619. The van der Waals surface area contributed by atoms with Crippen molar-refractivity contribution in [3.63, 3.8) is 0 Å². The lowest BCUT2D eigenvalue weighted by molar-refractivity contribution is 0.397. The van der Waals surface area contributed by atoms with Gasteiger partial charge in [-0.2, -0.15) is 0 Å². The molecule has 2 aromatic carbocycles. The molecule has 1 aliphatic heterocycles. The Hall–Kier alpha value is -1.80. The monoisotopic (exact) mass is 281 g/mol. The molecule has 2 nitrogen and oxygen atoms in total. The smallest absolute Gasteiger partial charge is 0.119 e. The van der Waals surface area contributed by atoms with Crippen LogP contribution in [-0.2, 0) is 5.54 Å². The maximum absolute atomic E-state index is 5.43. The summed E-state index contributed by atoms with van der Waals surface area (Å²) in [7, 11) is 1.73. The Morgan fingerprint density at radius 1 is 1.10 bits per heavy atom. The third kappa shape index (κ3) is 2.68. The van der Waals surface area contributed by atoms with E-state index in [0.717, 1.165) is 18.7 Å². The van der Waals surface area contributed by atoms with Gasteiger partial charge < -0.3 is 10.1 Å². The summed E-state index contributed by atoms with van der Waals surface area (Å²) < 4.78 is 5.43. The van der Waals surface area contributed by atoms with E-state index in [2.05, 4.69) is 67.7 Å². The second-order valence-electron chi connectivity index (χ2n) is 6.26. The molecule has 0 fully saturated rings. The summed E-state index contributed by atoms with van der Waals surface area (Å²) in [6.07, 6.45) is 1.12. The molecule has 0 bridgehead atoms. The molecule has 3 rings (SSSR count). The lowest BCUT2D eigenvalue weighted by atomic mass is 9.82. The number of ether oxygens (including phenoxy) is 1. The number of nitrogens with one attached hydrogen (secondary N) is 1. The second-order valence-corrected chi connectivity index (χ2v) is 6.26. The first-order valence-electron chi connectivity index (χ1n) is 7.60. The van der Waals surface area contributed by atoms with Gasteiger partial charge >= 0.3 is 0 Å². The van der Waals surface area contributed by atoms with E-state index in [9.17, 15) is 0 Å². The zero-order chi connectivity index (χ0) is 14.9. The van der Waals surface area contributed by atoms with Crippen LogP contribution in [0.2, 0.25) is 0 Å². The summed E-state index contributed by atoms with van der Waals surface area (Å²) in [5.74, 6) is 1.37. The second kappa shape index (κ2) is 5.53. The zero-order valence-corrected chi connectivity index (χ0v) is 13.0. The lowest BCUT2D eigenvalue weighted by Crippen LogP contribution is -2.36. The van der Waals surface area contributed by atoms with Crippen LogP contribution in [0, 0.1) is 0 Å². The van der Waals surface area contributed by atoms with Crippen molar-refractivity contribution in [1.82, 2.24) is 5.32 Å². The van der Waals surface area contributed by atoms with Gasteiger partial charge in [0, 0.05) is 11.5 Å². The van der Waals surface area contributed by atoms with Crippen LogP contribution < -0.4 is 10.1 Å². The van der Waals surface area contributed by atoms with Crippen molar-refractivity contribution in [1.29, 1.82) is 0 Å². The van der Waals surface area contributed by atoms with Gasteiger partial charge in [-0.3, -0.25) is 0 Å². The van der Waals surface area contributed by atoms with Gasteiger partial charge in [-0.25, -0.2) is 0 Å². The van der Waals surface area contributed by atoms with Crippen LogP contribution in [0.15, 0.2) is 48.5 Å². The van der Waals surface area contributed by atoms with Gasteiger partial charge in [0.15, 0.2) is 0 Å². The minimum Gasteiger partial charge on any atom is -0.497 e. The number of benzene rings is 2. The van der Waals surface area contributed by atoms with E-state index in [1.807, 2.05) is 0 Å². The van der Waals surface area contributed by atoms with Gasteiger partial charge in [-0.05, 0) is 55.6 Å². The molecule has 1 aliphatic rings. The van der Waals surface area contributed by atoms with E-state index in [-0.39, 0.29) is 5.54 Å². The third-order valence-corrected chi connectivity index (χ3v) is 4.51. The molecule has 1 N–H and O–H groups in total. The normalized spacial score (nSPS) is 20.4. The standard InChI is InChI=1S/C19H23NO/c1-19(2)18-13-15(21-3)9-10-17(18)16(11-12-20-19)14-7-5-4-6-8-14/h4-10,13,16,20H,11-12H2,1-3H3/t16-/m1/s1. The van der Waals surface area contributed by atoms with E-state index in [4.69, 9.17) is 4.74 Å². The van der Waals surface area contributed by atoms with Gasteiger partial charge in [0.1, 0.15) is 5.75 Å². The fourth-order valence-corrected chi connectivity index (χ4v) is 3.32. The summed E-state index contributed by atoms with van der Waals surface area (Å²) in [6, 6.07) is 17.3. The first-order chi connectivity index (χ1) is 10.1. The van der Waals surface area contributed by atoms with E-state index < -0.39 is 0 Å². The Labute approximate surface area is 127 Å². The summed E-state index contributed by atoms with van der Waals surface area (Å²) in [5, 5.41) is 3.67. The third-order valence-electron chi connectivity index (χ3n) is 4.51. The molecule has 1 heterocycles. The number of hydrogen-bond acceptors (Lipinski definition) is 2. The summed E-state index contributed by atoms with van der Waals surface area (Å²) in [6.45, 7) is 5.51. The summed E-state index contributed by atoms with van der Waals surface area (Å²) in [4.78, 5) is 0. The molecule has 0 aliphatic carbocycles. The zero-order valence-electron chi connectivity index (χ0n) is 13.0. The summed E-state index contributed by atoms with van der Waals surface area (Å²) in [5.41, 5.74) is 4.11. The van der Waals surface area contributed by atoms with E-state index >= 15 is 0 Å². The molecule has 110 valence electrons. The predicted molar refractivity (Wildman–Crippen MR) is 86.9 cm³/mol. The van der Waals surface area contributed by atoms with Crippen molar-refractivity contribution in [3.05, 3.63) is 65.2 Å². The molecule has 0 radical (unpaired) electrons. The molecule has 0 saturated heterocycles. The molecule has 21 heavy (non-hydrogen) atoms. The van der Waals surface area contributed by atoms with Crippen LogP contribution in [0.1, 0.15) is 42.9 Å². The molecular formula is C19H23NO. The molecule has 0 unspecified atom stereocenters. The summed E-state index contributed by atoms with van der Waals surface area (Å²) >= 11 is 0. The Balaban J connectivity index is 2.14. The Kier molecular flexibility index (Phi) is 3.73. The fourth-order valence-electron chi connectivity index (χ4n) is 3.32. The maximum atomic E-state index is 5.43. The molecule has 0 saturated carbocycles. The van der Waals surface area contributed by atoms with Crippen LogP contribution in [0.25, 0.3) is 0 Å². The number of hydrogen-bond donors (Lipinski definition) is 1. The SMILES string of the molecule is COc1ccc2c(c1)C(C)(C)NCC[C@@H]2c1ccccc1. The van der Waals surface area contributed by atoms with Crippen molar-refractivity contribution < 1.29 is 4.74 Å². The van der Waals surface area contributed by atoms with E-state index in [1.54, 1.807) is 7.11 Å². The quantitative estimate of drug-likeness (QED) is 0.896. The molecule has 2 aromatic rings. The minimum absolute atomic E-state index is 0.0343. The average Bonchev–Trinajstić information content (AvgIpc) is 2.64. The molecule has 0 amide bonds. The van der Waals surface area contributed by atoms with Gasteiger partial charge in [-0.1, -0.05) is 36.4 Å². The van der Waals surface area contributed by atoms with Crippen molar-refractivity contribution in [2.45, 2.75) is 31.7 Å². The highest BCUT2D eigenvalue weighted by molar-refractivity contribution is 5.46. The highest BCUT2D eigenvalue weighted by Crippen LogP contribution is 2.39. The van der Waals surface area contributed by atoms with Gasteiger partial charge in [0.05, 0.1) is 7.11 Å². The van der Waals surface area contributed by atoms with Crippen LogP contribution in [0.5, 0.6) is 5.75 Å². The fraction of sp³-hybridized carbons (Fsp3) is 0.368. The topological polar surface area (TPSA) is 21.3 Å². The Morgan fingerprint density at radius 2 is 1.86 bits per heavy atom. The van der Waals surface area contributed by atoms with Crippen LogP contribution in [0.4, 0.5) is 0 Å². The van der Waals surface area contributed by atoms with Crippen molar-refractivity contribution >= 4 is 0 Å². The highest BCUT2D eigenvalue weighted by Gasteiger charge is 2.30. The molecule has 1 atom stereocenters. The van der Waals surface area contributed by atoms with Crippen LogP contribution in [0.3, 0.4) is 0 Å². The van der Waals surface area contributed by atoms with Crippen LogP contribution in [-0.4, -0.2) is 13.7 Å². The van der Waals surface area contributed by atoms with Gasteiger partial charge in [0.2, 0.25) is 0 Å². The highest BCUT2D eigenvalue weighted by atomic mass is 16.5. The van der Waals surface area contributed by atoms with E-state index in [1.165, 1.54) is 16.7 Å². The molecular weight excluding hydrogens is 258 g/mol. The average molecular weight is 281 g/mol.